The van der Waals surface area contributed by atoms with Crippen molar-refractivity contribution < 1.29 is 18.7 Å². The molecule has 0 fully saturated rings. The molecule has 1 aliphatic heterocycles. The fourth-order valence-corrected chi connectivity index (χ4v) is 7.00. The highest BCUT2D eigenvalue weighted by Crippen LogP contribution is 2.36. The summed E-state index contributed by atoms with van der Waals surface area (Å²) in [5.41, 5.74) is 2.66. The minimum Gasteiger partial charge on any atom is -0.486 e. The summed E-state index contributed by atoms with van der Waals surface area (Å²) in [6, 6.07) is 18.8. The lowest BCUT2D eigenvalue weighted by Crippen LogP contribution is -2.40. The van der Waals surface area contributed by atoms with Gasteiger partial charge in [0.05, 0.1) is 37.9 Å². The number of hydrogen-bond acceptors (Lipinski definition) is 6. The van der Waals surface area contributed by atoms with Crippen LogP contribution in [-0.4, -0.2) is 17.6 Å². The number of aromatic nitrogens is 1. The third-order valence-corrected chi connectivity index (χ3v) is 8.57. The maximum Gasteiger partial charge on any atom is 0.338 e. The SMILES string of the molecule is CCC1=C(C(=O)OC)[C@H](c2ccccc2)n2c(s/c(=C\c3cc(Br)c(OCc4ccccc4F)c(Br)c3)c2=O)=N1. The van der Waals surface area contributed by atoms with E-state index in [2.05, 4.69) is 31.9 Å². The van der Waals surface area contributed by atoms with Gasteiger partial charge in [0.2, 0.25) is 0 Å². The van der Waals surface area contributed by atoms with E-state index in [9.17, 15) is 14.0 Å². The number of carbonyl (C=O) groups is 1. The van der Waals surface area contributed by atoms with E-state index < -0.39 is 12.0 Å². The molecule has 2 heterocycles. The molecule has 204 valence electrons. The van der Waals surface area contributed by atoms with Gasteiger partial charge in [0, 0.05) is 5.56 Å². The number of esters is 1. The maximum atomic E-state index is 14.0. The average molecular weight is 686 g/mol. The van der Waals surface area contributed by atoms with Gasteiger partial charge >= 0.3 is 5.97 Å². The van der Waals surface area contributed by atoms with Crippen LogP contribution in [-0.2, 0) is 16.1 Å². The number of halogens is 3. The van der Waals surface area contributed by atoms with Crippen LogP contribution in [0.5, 0.6) is 5.75 Å². The molecule has 0 saturated carbocycles. The van der Waals surface area contributed by atoms with Gasteiger partial charge in [0.1, 0.15) is 18.2 Å². The molecule has 1 aliphatic rings. The van der Waals surface area contributed by atoms with Crippen molar-refractivity contribution in [2.24, 2.45) is 4.99 Å². The zero-order valence-corrected chi connectivity index (χ0v) is 25.5. The van der Waals surface area contributed by atoms with Crippen LogP contribution in [0.3, 0.4) is 0 Å². The number of thiazole rings is 1. The van der Waals surface area contributed by atoms with Crippen molar-refractivity contribution in [3.8, 4) is 5.75 Å². The number of hydrogen-bond donors (Lipinski definition) is 0. The van der Waals surface area contributed by atoms with E-state index in [1.165, 1.54) is 24.5 Å². The van der Waals surface area contributed by atoms with Crippen molar-refractivity contribution in [3.05, 3.63) is 129 Å². The molecule has 5 rings (SSSR count). The van der Waals surface area contributed by atoms with Crippen LogP contribution in [0.2, 0.25) is 0 Å². The van der Waals surface area contributed by atoms with Crippen molar-refractivity contribution in [1.29, 1.82) is 0 Å². The summed E-state index contributed by atoms with van der Waals surface area (Å²) in [4.78, 5) is 31.9. The average Bonchev–Trinajstić information content (AvgIpc) is 3.26. The Labute approximate surface area is 250 Å². The van der Waals surface area contributed by atoms with Crippen LogP contribution < -0.4 is 19.6 Å². The van der Waals surface area contributed by atoms with Gasteiger partial charge < -0.3 is 9.47 Å². The first-order valence-electron chi connectivity index (χ1n) is 12.4. The number of rotatable bonds is 7. The normalized spacial score (nSPS) is 15.0. The first-order chi connectivity index (χ1) is 19.3. The number of nitrogens with zero attached hydrogens (tertiary/aromatic N) is 2. The Balaban J connectivity index is 1.57. The predicted octanol–water partition coefficient (Wildman–Crippen LogP) is 6.04. The smallest absolute Gasteiger partial charge is 0.338 e. The quantitative estimate of drug-likeness (QED) is 0.223. The second-order valence-electron chi connectivity index (χ2n) is 8.89. The Morgan fingerprint density at radius 2 is 1.77 bits per heavy atom. The molecule has 0 N–H and O–H groups in total. The minimum absolute atomic E-state index is 0.0591. The lowest BCUT2D eigenvalue weighted by molar-refractivity contribution is -0.136. The molecule has 0 saturated heterocycles. The molecule has 1 aromatic heterocycles. The van der Waals surface area contributed by atoms with Gasteiger partial charge in [-0.2, -0.15) is 0 Å². The molecule has 40 heavy (non-hydrogen) atoms. The number of carbonyl (C=O) groups excluding carboxylic acids is 1. The first kappa shape index (κ1) is 28.2. The summed E-state index contributed by atoms with van der Waals surface area (Å²) < 4.78 is 28.3. The monoisotopic (exact) mass is 684 g/mol. The summed E-state index contributed by atoms with van der Waals surface area (Å²) >= 11 is 8.34. The standard InChI is InChI=1S/C30H23Br2FN2O4S/c1-3-23-25(29(37)38-2)26(18-9-5-4-6-10-18)35-28(36)24(40-30(35)34-23)15-17-13-20(31)27(21(32)14-17)39-16-19-11-7-8-12-22(19)33/h4-15,26H,3,16H2,1-2H3/b24-15-/t26-/m0/s1. The number of allylic oxidation sites excluding steroid dienone is 1. The fraction of sp³-hybridized carbons (Fsp3) is 0.167. The third kappa shape index (κ3) is 5.48. The Hall–Kier alpha value is -3.34. The van der Waals surface area contributed by atoms with Gasteiger partial charge in [-0.1, -0.05) is 66.8 Å². The molecule has 3 aromatic carbocycles. The molecule has 1 atom stereocenters. The van der Waals surface area contributed by atoms with Crippen molar-refractivity contribution in [3.63, 3.8) is 0 Å². The predicted molar refractivity (Wildman–Crippen MR) is 159 cm³/mol. The van der Waals surface area contributed by atoms with Crippen LogP contribution >= 0.6 is 43.2 Å². The van der Waals surface area contributed by atoms with Crippen molar-refractivity contribution >= 4 is 55.2 Å². The second-order valence-corrected chi connectivity index (χ2v) is 11.6. The Kier molecular flexibility index (Phi) is 8.48. The molecule has 0 bridgehead atoms. The van der Waals surface area contributed by atoms with E-state index in [4.69, 9.17) is 14.5 Å². The minimum atomic E-state index is -0.658. The van der Waals surface area contributed by atoms with Crippen LogP contribution in [0.25, 0.3) is 6.08 Å². The highest BCUT2D eigenvalue weighted by Gasteiger charge is 2.33. The highest BCUT2D eigenvalue weighted by molar-refractivity contribution is 9.11. The number of methoxy groups -OCH3 is 1. The summed E-state index contributed by atoms with van der Waals surface area (Å²) in [5, 5.41) is 0. The number of fused-ring (bicyclic) bond motifs is 1. The molecule has 0 unspecified atom stereocenters. The van der Waals surface area contributed by atoms with E-state index >= 15 is 0 Å². The van der Waals surface area contributed by atoms with Crippen molar-refractivity contribution in [1.82, 2.24) is 4.57 Å². The Morgan fingerprint density at radius 1 is 1.10 bits per heavy atom. The molecule has 0 aliphatic carbocycles. The molecule has 0 spiro atoms. The topological polar surface area (TPSA) is 69.9 Å². The fourth-order valence-electron chi connectivity index (χ4n) is 4.53. The van der Waals surface area contributed by atoms with E-state index in [-0.39, 0.29) is 18.0 Å². The van der Waals surface area contributed by atoms with Gasteiger partial charge in [-0.3, -0.25) is 9.36 Å². The molecule has 6 nitrogen and oxygen atoms in total. The van der Waals surface area contributed by atoms with E-state index in [0.29, 0.717) is 47.3 Å². The number of benzene rings is 3. The van der Waals surface area contributed by atoms with Gasteiger partial charge in [0.15, 0.2) is 4.80 Å². The van der Waals surface area contributed by atoms with E-state index in [1.54, 1.807) is 28.8 Å². The lowest BCUT2D eigenvalue weighted by Gasteiger charge is -2.25. The zero-order valence-electron chi connectivity index (χ0n) is 21.5. The second kappa shape index (κ2) is 12.0. The summed E-state index contributed by atoms with van der Waals surface area (Å²) in [6.07, 6.45) is 2.28. The molecule has 0 amide bonds. The molecular formula is C30H23Br2FN2O4S. The van der Waals surface area contributed by atoms with E-state index in [1.807, 2.05) is 49.4 Å². The maximum absolute atomic E-state index is 14.0. The van der Waals surface area contributed by atoms with Gasteiger partial charge in [0.25, 0.3) is 5.56 Å². The lowest BCUT2D eigenvalue weighted by atomic mass is 9.95. The van der Waals surface area contributed by atoms with Crippen LogP contribution in [0.1, 0.15) is 36.1 Å². The van der Waals surface area contributed by atoms with E-state index in [0.717, 1.165) is 11.1 Å². The van der Waals surface area contributed by atoms with Crippen LogP contribution in [0.4, 0.5) is 4.39 Å². The van der Waals surface area contributed by atoms with Crippen LogP contribution in [0, 0.1) is 5.82 Å². The largest absolute Gasteiger partial charge is 0.486 e. The summed E-state index contributed by atoms with van der Waals surface area (Å²) in [5.74, 6) is -0.332. The summed E-state index contributed by atoms with van der Waals surface area (Å²) in [6.45, 7) is 1.98. The highest BCUT2D eigenvalue weighted by atomic mass is 79.9. The third-order valence-electron chi connectivity index (χ3n) is 6.41. The van der Waals surface area contributed by atoms with Crippen LogP contribution in [0.15, 0.2) is 96.7 Å². The Bertz CT molecular complexity index is 1790. The summed E-state index contributed by atoms with van der Waals surface area (Å²) in [7, 11) is 1.33. The molecular weight excluding hydrogens is 663 g/mol. The van der Waals surface area contributed by atoms with Gasteiger partial charge in [-0.25, -0.2) is 14.2 Å². The zero-order chi connectivity index (χ0) is 28.4. The Morgan fingerprint density at radius 3 is 2.42 bits per heavy atom. The first-order valence-corrected chi connectivity index (χ1v) is 14.8. The van der Waals surface area contributed by atoms with Gasteiger partial charge in [-0.05, 0) is 73.7 Å². The van der Waals surface area contributed by atoms with Crippen molar-refractivity contribution in [2.75, 3.05) is 7.11 Å². The molecule has 4 aromatic rings. The van der Waals surface area contributed by atoms with Gasteiger partial charge in [-0.15, -0.1) is 0 Å². The molecule has 0 radical (unpaired) electrons. The molecule has 10 heteroatoms. The van der Waals surface area contributed by atoms with Crippen molar-refractivity contribution in [2.45, 2.75) is 26.0 Å². The number of ether oxygens (including phenoxy) is 2.